The predicted molar refractivity (Wildman–Crippen MR) is 73.3 cm³/mol. The fourth-order valence-electron chi connectivity index (χ4n) is 1.77. The molecule has 2 aromatic rings. The molecule has 0 aliphatic heterocycles. The third-order valence-electron chi connectivity index (χ3n) is 2.74. The van der Waals surface area contributed by atoms with Crippen LogP contribution in [-0.4, -0.2) is 17.6 Å². The average Bonchev–Trinajstić information content (AvgIpc) is 2.80. The van der Waals surface area contributed by atoms with Crippen LogP contribution < -0.4 is 5.32 Å². The Balaban J connectivity index is 1.80. The third kappa shape index (κ3) is 3.81. The van der Waals surface area contributed by atoms with Gasteiger partial charge in [-0.2, -0.15) is 0 Å². The molecule has 0 bridgehead atoms. The van der Waals surface area contributed by atoms with Gasteiger partial charge in [0.1, 0.15) is 11.6 Å². The Bertz CT molecular complexity index is 613. The first kappa shape index (κ1) is 14.5. The maximum absolute atomic E-state index is 12.9. The van der Waals surface area contributed by atoms with Gasteiger partial charge < -0.3 is 9.84 Å². The zero-order valence-corrected chi connectivity index (χ0v) is 11.7. The number of aromatic nitrogens is 1. The molecule has 1 N–H and O–H groups in total. The number of carbonyl (C=O) groups excluding carboxylic acids is 1. The Hall–Kier alpha value is -1.88. The molecule has 106 valence electrons. The molecule has 0 saturated heterocycles. The van der Waals surface area contributed by atoms with Gasteiger partial charge in [-0.25, -0.2) is 4.39 Å². The number of carbonyl (C=O) groups is 1. The zero-order chi connectivity index (χ0) is 14.5. The van der Waals surface area contributed by atoms with Crippen LogP contribution in [0.5, 0.6) is 0 Å². The van der Waals surface area contributed by atoms with Crippen LogP contribution in [0.2, 0.25) is 5.02 Å². The van der Waals surface area contributed by atoms with Crippen molar-refractivity contribution in [1.82, 2.24) is 10.5 Å². The van der Waals surface area contributed by atoms with Gasteiger partial charge in [0.15, 0.2) is 0 Å². The molecule has 1 heterocycles. The number of benzene rings is 1. The van der Waals surface area contributed by atoms with Gasteiger partial charge in [0.2, 0.25) is 0 Å². The quantitative estimate of drug-likeness (QED) is 0.862. The van der Waals surface area contributed by atoms with Gasteiger partial charge in [-0.15, -0.1) is 0 Å². The normalized spacial score (nSPS) is 10.6. The molecular weight excluding hydrogens is 283 g/mol. The van der Waals surface area contributed by atoms with Crippen molar-refractivity contribution < 1.29 is 13.7 Å². The van der Waals surface area contributed by atoms with E-state index in [2.05, 4.69) is 10.5 Å². The summed E-state index contributed by atoms with van der Waals surface area (Å²) in [5.41, 5.74) is 1.10. The van der Waals surface area contributed by atoms with E-state index in [0.717, 1.165) is 23.9 Å². The van der Waals surface area contributed by atoms with E-state index in [0.29, 0.717) is 13.0 Å². The number of nitrogens with zero attached hydrogens (tertiary/aromatic N) is 1. The molecule has 1 amide bonds. The van der Waals surface area contributed by atoms with Crippen LogP contribution in [0.3, 0.4) is 0 Å². The van der Waals surface area contributed by atoms with Crippen LogP contribution in [0.4, 0.5) is 4.39 Å². The van der Waals surface area contributed by atoms with Crippen LogP contribution in [0.15, 0.2) is 28.8 Å². The lowest BCUT2D eigenvalue weighted by Gasteiger charge is -2.06. The highest BCUT2D eigenvalue weighted by Gasteiger charge is 2.10. The minimum absolute atomic E-state index is 0.105. The molecule has 0 aliphatic carbocycles. The van der Waals surface area contributed by atoms with E-state index in [1.54, 1.807) is 0 Å². The average molecular weight is 297 g/mol. The number of amides is 1. The molecule has 0 saturated carbocycles. The first-order chi connectivity index (χ1) is 9.56. The minimum Gasteiger partial charge on any atom is -0.361 e. The van der Waals surface area contributed by atoms with Crippen molar-refractivity contribution in [2.75, 3.05) is 6.54 Å². The van der Waals surface area contributed by atoms with Crippen molar-refractivity contribution in [3.05, 3.63) is 52.1 Å². The largest absolute Gasteiger partial charge is 0.361 e. The molecule has 0 radical (unpaired) electrons. The van der Waals surface area contributed by atoms with Crippen molar-refractivity contribution in [2.45, 2.75) is 19.8 Å². The fraction of sp³-hybridized carbons (Fsp3) is 0.286. The molecule has 6 heteroatoms. The van der Waals surface area contributed by atoms with Crippen LogP contribution in [-0.2, 0) is 6.42 Å². The second kappa shape index (κ2) is 6.52. The Morgan fingerprint density at radius 1 is 1.45 bits per heavy atom. The van der Waals surface area contributed by atoms with Crippen LogP contribution in [0.1, 0.15) is 28.2 Å². The molecule has 0 aliphatic rings. The van der Waals surface area contributed by atoms with Gasteiger partial charge in [0, 0.05) is 19.0 Å². The summed E-state index contributed by atoms with van der Waals surface area (Å²) in [5.74, 6) is 0.00699. The number of aryl methyl sites for hydroxylation is 2. The summed E-state index contributed by atoms with van der Waals surface area (Å²) in [5, 5.41) is 6.62. The first-order valence-corrected chi connectivity index (χ1v) is 6.59. The number of hydrogen-bond acceptors (Lipinski definition) is 3. The number of nitrogens with one attached hydrogen (secondary N) is 1. The summed E-state index contributed by atoms with van der Waals surface area (Å²) in [6, 6.07) is 5.55. The summed E-state index contributed by atoms with van der Waals surface area (Å²) in [6.45, 7) is 2.33. The lowest BCUT2D eigenvalue weighted by atomic mass is 10.2. The molecule has 1 aromatic heterocycles. The van der Waals surface area contributed by atoms with Crippen molar-refractivity contribution in [1.29, 1.82) is 0 Å². The van der Waals surface area contributed by atoms with Crippen LogP contribution in [0.25, 0.3) is 0 Å². The first-order valence-electron chi connectivity index (χ1n) is 6.21. The van der Waals surface area contributed by atoms with E-state index in [4.69, 9.17) is 16.1 Å². The highest BCUT2D eigenvalue weighted by molar-refractivity contribution is 6.33. The van der Waals surface area contributed by atoms with E-state index in [1.807, 2.05) is 13.0 Å². The van der Waals surface area contributed by atoms with E-state index >= 15 is 0 Å². The van der Waals surface area contributed by atoms with Gasteiger partial charge >= 0.3 is 0 Å². The summed E-state index contributed by atoms with van der Waals surface area (Å²) in [4.78, 5) is 11.8. The molecule has 0 unspecified atom stereocenters. The third-order valence-corrected chi connectivity index (χ3v) is 3.05. The highest BCUT2D eigenvalue weighted by Crippen LogP contribution is 2.17. The standard InChI is InChI=1S/C14H14ClFN2O2/c1-9-7-11(20-18-9)3-2-6-17-14(19)12-5-4-10(16)8-13(12)15/h4-5,7-8H,2-3,6H2,1H3,(H,17,19). The van der Waals surface area contributed by atoms with Gasteiger partial charge in [0.05, 0.1) is 16.3 Å². The maximum Gasteiger partial charge on any atom is 0.252 e. The number of rotatable bonds is 5. The monoisotopic (exact) mass is 296 g/mol. The van der Waals surface area contributed by atoms with Gasteiger partial charge in [-0.1, -0.05) is 16.8 Å². The van der Waals surface area contributed by atoms with Crippen LogP contribution in [0, 0.1) is 12.7 Å². The van der Waals surface area contributed by atoms with Gasteiger partial charge in [-0.3, -0.25) is 4.79 Å². The van der Waals surface area contributed by atoms with Crippen molar-refractivity contribution in [3.63, 3.8) is 0 Å². The SMILES string of the molecule is Cc1cc(CCCNC(=O)c2ccc(F)cc2Cl)on1. The molecule has 0 fully saturated rings. The molecule has 0 spiro atoms. The van der Waals surface area contributed by atoms with E-state index in [1.165, 1.54) is 12.1 Å². The van der Waals surface area contributed by atoms with E-state index in [-0.39, 0.29) is 16.5 Å². The van der Waals surface area contributed by atoms with E-state index in [9.17, 15) is 9.18 Å². The fourth-order valence-corrected chi connectivity index (χ4v) is 2.02. The molecule has 2 rings (SSSR count). The minimum atomic E-state index is -0.466. The highest BCUT2D eigenvalue weighted by atomic mass is 35.5. The smallest absolute Gasteiger partial charge is 0.252 e. The predicted octanol–water partition coefficient (Wildman–Crippen LogP) is 3.14. The van der Waals surface area contributed by atoms with Crippen molar-refractivity contribution >= 4 is 17.5 Å². The summed E-state index contributed by atoms with van der Waals surface area (Å²) in [6.07, 6.45) is 1.41. The number of hydrogen-bond donors (Lipinski definition) is 1. The zero-order valence-electron chi connectivity index (χ0n) is 11.0. The van der Waals surface area contributed by atoms with Crippen molar-refractivity contribution in [3.8, 4) is 0 Å². The second-order valence-electron chi connectivity index (χ2n) is 4.42. The van der Waals surface area contributed by atoms with Crippen LogP contribution >= 0.6 is 11.6 Å². The molecule has 20 heavy (non-hydrogen) atoms. The summed E-state index contributed by atoms with van der Waals surface area (Å²) < 4.78 is 17.9. The second-order valence-corrected chi connectivity index (χ2v) is 4.83. The lowest BCUT2D eigenvalue weighted by molar-refractivity contribution is 0.0953. The molecule has 4 nitrogen and oxygen atoms in total. The molecule has 0 atom stereocenters. The maximum atomic E-state index is 12.9. The van der Waals surface area contributed by atoms with Crippen molar-refractivity contribution in [2.24, 2.45) is 0 Å². The molecule has 1 aromatic carbocycles. The Labute approximate surface area is 120 Å². The van der Waals surface area contributed by atoms with Gasteiger partial charge in [0.25, 0.3) is 5.91 Å². The molecular formula is C14H14ClFN2O2. The summed E-state index contributed by atoms with van der Waals surface area (Å²) in [7, 11) is 0. The van der Waals surface area contributed by atoms with Gasteiger partial charge in [-0.05, 0) is 31.5 Å². The Morgan fingerprint density at radius 3 is 2.90 bits per heavy atom. The Morgan fingerprint density at radius 2 is 2.25 bits per heavy atom. The Kier molecular flexibility index (Phi) is 4.74. The topological polar surface area (TPSA) is 55.1 Å². The van der Waals surface area contributed by atoms with E-state index < -0.39 is 5.82 Å². The lowest BCUT2D eigenvalue weighted by Crippen LogP contribution is -2.25. The number of halogens is 2. The summed E-state index contributed by atoms with van der Waals surface area (Å²) >= 11 is 5.81.